The summed E-state index contributed by atoms with van der Waals surface area (Å²) in [6.07, 6.45) is 4.41. The molecule has 7 heteroatoms. The maximum absolute atomic E-state index is 4.12. The van der Waals surface area contributed by atoms with Gasteiger partial charge in [-0.05, 0) is 15.9 Å². The molecule has 0 spiro atoms. The zero-order valence-corrected chi connectivity index (χ0v) is 9.60. The van der Waals surface area contributed by atoms with E-state index in [1.807, 2.05) is 6.20 Å². The first-order valence-electron chi connectivity index (χ1n) is 4.06. The molecule has 0 amide bonds. The number of imidazole rings is 1. The number of aromatic nitrogens is 4. The second-order valence-electron chi connectivity index (χ2n) is 2.57. The van der Waals surface area contributed by atoms with Gasteiger partial charge in [0.15, 0.2) is 3.92 Å². The van der Waals surface area contributed by atoms with Crippen LogP contribution in [0.2, 0.25) is 0 Å². The molecular weight excluding hydrogens is 266 g/mol. The van der Waals surface area contributed by atoms with Gasteiger partial charge in [-0.25, -0.2) is 4.98 Å². The Bertz CT molecular complexity index is 384. The van der Waals surface area contributed by atoms with Crippen molar-refractivity contribution in [3.63, 3.8) is 0 Å². The molecule has 2 aromatic rings. The predicted molar refractivity (Wildman–Crippen MR) is 58.4 cm³/mol. The van der Waals surface area contributed by atoms with E-state index in [0.29, 0.717) is 0 Å². The van der Waals surface area contributed by atoms with Crippen molar-refractivity contribution in [2.75, 3.05) is 11.9 Å². The second-order valence-corrected chi connectivity index (χ2v) is 4.83. The maximum Gasteiger partial charge on any atom is 0.206 e. The lowest BCUT2D eigenvalue weighted by molar-refractivity contribution is 0.919. The van der Waals surface area contributed by atoms with Gasteiger partial charge in [0.05, 0.1) is 0 Å². The van der Waals surface area contributed by atoms with E-state index < -0.39 is 0 Å². The lowest BCUT2D eigenvalue weighted by Gasteiger charge is -1.98. The van der Waals surface area contributed by atoms with E-state index in [2.05, 4.69) is 41.4 Å². The van der Waals surface area contributed by atoms with Gasteiger partial charge in [0.1, 0.15) is 5.82 Å². The predicted octanol–water partition coefficient (Wildman–Crippen LogP) is 1.68. The molecule has 2 aromatic heterocycles. The van der Waals surface area contributed by atoms with Gasteiger partial charge in [-0.15, -0.1) is 10.2 Å². The largest absolute Gasteiger partial charge is 0.360 e. The average Bonchev–Trinajstić information content (AvgIpc) is 2.77. The van der Waals surface area contributed by atoms with E-state index in [-0.39, 0.29) is 0 Å². The zero-order chi connectivity index (χ0) is 9.80. The Morgan fingerprint density at radius 1 is 1.50 bits per heavy atom. The monoisotopic (exact) mass is 273 g/mol. The first-order chi connectivity index (χ1) is 6.84. The quantitative estimate of drug-likeness (QED) is 0.890. The van der Waals surface area contributed by atoms with Crippen LogP contribution in [0.4, 0.5) is 5.13 Å². The summed E-state index contributed by atoms with van der Waals surface area (Å²) in [5.41, 5.74) is 0. The van der Waals surface area contributed by atoms with Crippen LogP contribution < -0.4 is 5.32 Å². The van der Waals surface area contributed by atoms with Crippen molar-refractivity contribution in [2.45, 2.75) is 6.42 Å². The number of nitrogens with zero attached hydrogens (tertiary/aromatic N) is 3. The Morgan fingerprint density at radius 2 is 2.43 bits per heavy atom. The topological polar surface area (TPSA) is 66.5 Å². The highest BCUT2D eigenvalue weighted by Gasteiger charge is 2.00. The SMILES string of the molecule is Brc1nnc(NCCc2ncc[nH]2)s1. The number of halogens is 1. The summed E-state index contributed by atoms with van der Waals surface area (Å²) in [4.78, 5) is 7.15. The van der Waals surface area contributed by atoms with E-state index in [9.17, 15) is 0 Å². The molecule has 2 heterocycles. The Balaban J connectivity index is 1.78. The molecular formula is C7H8BrN5S. The van der Waals surface area contributed by atoms with Crippen molar-refractivity contribution in [1.82, 2.24) is 20.2 Å². The summed E-state index contributed by atoms with van der Waals surface area (Å²) in [5, 5.41) is 11.7. The van der Waals surface area contributed by atoms with E-state index in [1.54, 1.807) is 6.20 Å². The summed E-state index contributed by atoms with van der Waals surface area (Å²) in [7, 11) is 0. The number of anilines is 1. The summed E-state index contributed by atoms with van der Waals surface area (Å²) in [6.45, 7) is 0.801. The Kier molecular flexibility index (Phi) is 3.10. The van der Waals surface area contributed by atoms with Crippen LogP contribution in [0.1, 0.15) is 5.82 Å². The van der Waals surface area contributed by atoms with Crippen LogP contribution in [-0.2, 0) is 6.42 Å². The third-order valence-electron chi connectivity index (χ3n) is 1.59. The van der Waals surface area contributed by atoms with Gasteiger partial charge in [0.25, 0.3) is 0 Å². The Labute approximate surface area is 93.1 Å². The molecule has 0 aliphatic heterocycles. The fraction of sp³-hybridized carbons (Fsp3) is 0.286. The summed E-state index contributed by atoms with van der Waals surface area (Å²) < 4.78 is 0.790. The first-order valence-corrected chi connectivity index (χ1v) is 5.66. The third kappa shape index (κ3) is 2.52. The molecule has 0 saturated heterocycles. The highest BCUT2D eigenvalue weighted by molar-refractivity contribution is 9.11. The molecule has 14 heavy (non-hydrogen) atoms. The molecule has 0 fully saturated rings. The van der Waals surface area contributed by atoms with Crippen molar-refractivity contribution < 1.29 is 0 Å². The average molecular weight is 274 g/mol. The van der Waals surface area contributed by atoms with Crippen molar-refractivity contribution in [3.05, 3.63) is 22.1 Å². The number of H-pyrrole nitrogens is 1. The van der Waals surface area contributed by atoms with E-state index in [1.165, 1.54) is 11.3 Å². The minimum Gasteiger partial charge on any atom is -0.360 e. The van der Waals surface area contributed by atoms with Crippen LogP contribution in [0.25, 0.3) is 0 Å². The fourth-order valence-electron chi connectivity index (χ4n) is 0.999. The highest BCUT2D eigenvalue weighted by Crippen LogP contribution is 2.19. The minimum absolute atomic E-state index is 0.790. The molecule has 0 radical (unpaired) electrons. The molecule has 0 unspecified atom stereocenters. The molecule has 0 bridgehead atoms. The number of nitrogens with one attached hydrogen (secondary N) is 2. The number of rotatable bonds is 4. The van der Waals surface area contributed by atoms with Gasteiger partial charge >= 0.3 is 0 Å². The van der Waals surface area contributed by atoms with Crippen molar-refractivity contribution in [1.29, 1.82) is 0 Å². The van der Waals surface area contributed by atoms with Crippen LogP contribution in [0.15, 0.2) is 16.3 Å². The van der Waals surface area contributed by atoms with Crippen LogP contribution in [0, 0.1) is 0 Å². The highest BCUT2D eigenvalue weighted by atomic mass is 79.9. The van der Waals surface area contributed by atoms with E-state index in [0.717, 1.165) is 27.8 Å². The molecule has 5 nitrogen and oxygen atoms in total. The lowest BCUT2D eigenvalue weighted by Crippen LogP contribution is -2.05. The summed E-state index contributed by atoms with van der Waals surface area (Å²) in [6, 6.07) is 0. The van der Waals surface area contributed by atoms with E-state index in [4.69, 9.17) is 0 Å². The Morgan fingerprint density at radius 3 is 3.07 bits per heavy atom. The summed E-state index contributed by atoms with van der Waals surface area (Å²) in [5.74, 6) is 0.973. The molecule has 0 aliphatic rings. The van der Waals surface area contributed by atoms with Crippen LogP contribution in [-0.4, -0.2) is 26.7 Å². The lowest BCUT2D eigenvalue weighted by atomic mass is 10.4. The molecule has 0 aliphatic carbocycles. The Hall–Kier alpha value is -0.950. The van der Waals surface area contributed by atoms with Gasteiger partial charge in [-0.1, -0.05) is 11.3 Å². The summed E-state index contributed by atoms with van der Waals surface area (Å²) >= 11 is 4.73. The number of aromatic amines is 1. The molecule has 2 N–H and O–H groups in total. The van der Waals surface area contributed by atoms with Crippen LogP contribution >= 0.6 is 27.3 Å². The fourth-order valence-corrected chi connectivity index (χ4v) is 2.04. The number of hydrogen-bond donors (Lipinski definition) is 2. The molecule has 0 atom stereocenters. The van der Waals surface area contributed by atoms with Crippen molar-refractivity contribution >= 4 is 32.4 Å². The normalized spacial score (nSPS) is 10.4. The van der Waals surface area contributed by atoms with Gasteiger partial charge in [-0.2, -0.15) is 0 Å². The second kappa shape index (κ2) is 4.52. The smallest absolute Gasteiger partial charge is 0.206 e. The zero-order valence-electron chi connectivity index (χ0n) is 7.20. The number of hydrogen-bond acceptors (Lipinski definition) is 5. The van der Waals surface area contributed by atoms with Gasteiger partial charge in [-0.3, -0.25) is 0 Å². The third-order valence-corrected chi connectivity index (χ3v) is 2.91. The van der Waals surface area contributed by atoms with Crippen molar-refractivity contribution in [2.24, 2.45) is 0 Å². The van der Waals surface area contributed by atoms with Gasteiger partial charge in [0.2, 0.25) is 5.13 Å². The first kappa shape index (κ1) is 9.60. The van der Waals surface area contributed by atoms with Crippen molar-refractivity contribution in [3.8, 4) is 0 Å². The van der Waals surface area contributed by atoms with Gasteiger partial charge in [0, 0.05) is 25.4 Å². The minimum atomic E-state index is 0.790. The van der Waals surface area contributed by atoms with Gasteiger partial charge < -0.3 is 10.3 Å². The standard InChI is InChI=1S/C7H8BrN5S/c8-6-12-13-7(14-6)11-2-1-5-9-3-4-10-5/h3-4H,1-2H2,(H,9,10)(H,11,13). The van der Waals surface area contributed by atoms with Crippen LogP contribution in [0.3, 0.4) is 0 Å². The van der Waals surface area contributed by atoms with Crippen LogP contribution in [0.5, 0.6) is 0 Å². The molecule has 74 valence electrons. The molecule has 2 rings (SSSR count). The molecule has 0 aromatic carbocycles. The maximum atomic E-state index is 4.12. The molecule has 0 saturated carbocycles. The van der Waals surface area contributed by atoms with E-state index >= 15 is 0 Å².